The Labute approximate surface area is 114 Å². The van der Waals surface area contributed by atoms with Crippen LogP contribution >= 0.6 is 15.9 Å². The summed E-state index contributed by atoms with van der Waals surface area (Å²) in [7, 11) is -1.53. The van der Waals surface area contributed by atoms with E-state index < -0.39 is 10.1 Å². The molecule has 1 aromatic carbocycles. The fourth-order valence-electron chi connectivity index (χ4n) is 1.78. The first-order valence-corrected chi connectivity index (χ1v) is 7.93. The molecule has 0 N–H and O–H groups in total. The molecule has 0 aliphatic carbocycles. The van der Waals surface area contributed by atoms with Crippen molar-refractivity contribution in [1.29, 1.82) is 0 Å². The summed E-state index contributed by atoms with van der Waals surface area (Å²) >= 11 is 3.41. The molecule has 0 saturated heterocycles. The van der Waals surface area contributed by atoms with Gasteiger partial charge < -0.3 is 0 Å². The van der Waals surface area contributed by atoms with Gasteiger partial charge in [0.05, 0.1) is 24.1 Å². The maximum absolute atomic E-state index is 10.9. The Kier molecular flexibility index (Phi) is 3.74. The average Bonchev–Trinajstić information content (AvgIpc) is 2.54. The molecule has 0 amide bonds. The van der Waals surface area contributed by atoms with E-state index in [-0.39, 0.29) is 6.61 Å². The van der Waals surface area contributed by atoms with Crippen LogP contribution in [0.3, 0.4) is 0 Å². The molecule has 0 aliphatic rings. The number of nitrogens with zero attached hydrogens (tertiary/aromatic N) is 2. The summed E-state index contributed by atoms with van der Waals surface area (Å²) in [5.41, 5.74) is 1.84. The Bertz CT molecular complexity index is 679. The normalized spacial score (nSPS) is 12.2. The van der Waals surface area contributed by atoms with Crippen LogP contribution in [0, 0.1) is 0 Å². The van der Waals surface area contributed by atoms with Gasteiger partial charge in [0.2, 0.25) is 0 Å². The maximum atomic E-state index is 10.9. The van der Waals surface area contributed by atoms with Gasteiger partial charge in [0.25, 0.3) is 10.1 Å². The lowest BCUT2D eigenvalue weighted by molar-refractivity contribution is 0.324. The first kappa shape index (κ1) is 13.5. The fourth-order valence-corrected chi connectivity index (χ4v) is 2.51. The van der Waals surface area contributed by atoms with Gasteiger partial charge in [0.1, 0.15) is 0 Å². The zero-order chi connectivity index (χ0) is 13.3. The van der Waals surface area contributed by atoms with Crippen LogP contribution in [-0.2, 0) is 27.8 Å². The lowest BCUT2D eigenvalue weighted by Gasteiger charge is -1.99. The summed E-state index contributed by atoms with van der Waals surface area (Å²) < 4.78 is 29.2. The van der Waals surface area contributed by atoms with Crippen molar-refractivity contribution >= 4 is 37.0 Å². The van der Waals surface area contributed by atoms with Gasteiger partial charge in [-0.2, -0.15) is 13.5 Å². The number of aromatic nitrogens is 2. The molecule has 7 heteroatoms. The monoisotopic (exact) mass is 332 g/mol. The van der Waals surface area contributed by atoms with E-state index in [0.29, 0.717) is 6.42 Å². The molecule has 5 nitrogen and oxygen atoms in total. The Morgan fingerprint density at radius 3 is 2.83 bits per heavy atom. The smallest absolute Gasteiger partial charge is 0.264 e. The highest BCUT2D eigenvalue weighted by atomic mass is 79.9. The van der Waals surface area contributed by atoms with Gasteiger partial charge in [-0.05, 0) is 18.2 Å². The van der Waals surface area contributed by atoms with E-state index in [9.17, 15) is 8.42 Å². The number of hydrogen-bond acceptors (Lipinski definition) is 4. The lowest BCUT2D eigenvalue weighted by Crippen LogP contribution is -2.06. The van der Waals surface area contributed by atoms with Crippen molar-refractivity contribution in [2.45, 2.75) is 6.42 Å². The fraction of sp³-hybridized carbons (Fsp3) is 0.364. The van der Waals surface area contributed by atoms with Gasteiger partial charge in [-0.15, -0.1) is 0 Å². The summed E-state index contributed by atoms with van der Waals surface area (Å²) in [5, 5.41) is 5.38. The largest absolute Gasteiger partial charge is 0.270 e. The number of aryl methyl sites for hydroxylation is 1. The van der Waals surface area contributed by atoms with Crippen molar-refractivity contribution in [1.82, 2.24) is 9.78 Å². The van der Waals surface area contributed by atoms with Gasteiger partial charge in [-0.1, -0.05) is 15.9 Å². The first-order chi connectivity index (χ1) is 8.37. The molecule has 1 aromatic heterocycles. The summed E-state index contributed by atoms with van der Waals surface area (Å²) in [6.45, 7) is 0.112. The van der Waals surface area contributed by atoms with Crippen LogP contribution in [0.15, 0.2) is 22.7 Å². The Morgan fingerprint density at radius 1 is 1.44 bits per heavy atom. The van der Waals surface area contributed by atoms with Crippen molar-refractivity contribution in [3.8, 4) is 0 Å². The number of benzene rings is 1. The third-order valence-corrected chi connectivity index (χ3v) is 3.61. The van der Waals surface area contributed by atoms with Crippen LogP contribution < -0.4 is 0 Å². The van der Waals surface area contributed by atoms with Crippen molar-refractivity contribution in [3.05, 3.63) is 28.4 Å². The van der Waals surface area contributed by atoms with E-state index >= 15 is 0 Å². The molecule has 0 atom stereocenters. The van der Waals surface area contributed by atoms with E-state index in [1.165, 1.54) is 0 Å². The molecule has 98 valence electrons. The Hall–Kier alpha value is -0.920. The molecule has 0 spiro atoms. The molecule has 0 radical (unpaired) electrons. The first-order valence-electron chi connectivity index (χ1n) is 5.32. The third kappa shape index (κ3) is 3.09. The standard InChI is InChI=1S/C11H13BrN2O3S/c1-14-11-7-8(12)3-4-9(11)10(13-14)5-6-17-18(2,15)16/h3-4,7H,5-6H2,1-2H3. The van der Waals surface area contributed by atoms with Gasteiger partial charge in [0.15, 0.2) is 0 Å². The molecule has 0 aliphatic heterocycles. The number of hydrogen-bond donors (Lipinski definition) is 0. The number of halogens is 1. The number of fused-ring (bicyclic) bond motifs is 1. The molecular weight excluding hydrogens is 320 g/mol. The van der Waals surface area contributed by atoms with Gasteiger partial charge in [0, 0.05) is 23.3 Å². The van der Waals surface area contributed by atoms with Crippen molar-refractivity contribution in [3.63, 3.8) is 0 Å². The van der Waals surface area contributed by atoms with Crippen LogP contribution in [-0.4, -0.2) is 31.1 Å². The number of rotatable bonds is 4. The molecule has 18 heavy (non-hydrogen) atoms. The van der Waals surface area contributed by atoms with E-state index in [2.05, 4.69) is 21.0 Å². The second-order valence-corrected chi connectivity index (χ2v) is 6.57. The predicted molar refractivity (Wildman–Crippen MR) is 72.9 cm³/mol. The Balaban J connectivity index is 2.24. The van der Waals surface area contributed by atoms with Crippen molar-refractivity contribution < 1.29 is 12.6 Å². The second kappa shape index (κ2) is 4.99. The minimum atomic E-state index is -3.39. The third-order valence-electron chi connectivity index (χ3n) is 2.53. The minimum Gasteiger partial charge on any atom is -0.270 e. The summed E-state index contributed by atoms with van der Waals surface area (Å²) in [6, 6.07) is 5.87. The summed E-state index contributed by atoms with van der Waals surface area (Å²) in [5.74, 6) is 0. The Morgan fingerprint density at radius 2 is 2.17 bits per heavy atom. The van der Waals surface area contributed by atoms with Gasteiger partial charge in [-0.25, -0.2) is 0 Å². The van der Waals surface area contributed by atoms with E-state index in [0.717, 1.165) is 27.3 Å². The van der Waals surface area contributed by atoms with Crippen LogP contribution in [0.25, 0.3) is 10.9 Å². The zero-order valence-corrected chi connectivity index (χ0v) is 12.5. The lowest BCUT2D eigenvalue weighted by atomic mass is 10.2. The van der Waals surface area contributed by atoms with Gasteiger partial charge in [-0.3, -0.25) is 8.86 Å². The molecule has 1 heterocycles. The average molecular weight is 333 g/mol. The minimum absolute atomic E-state index is 0.112. The molecule has 2 aromatic rings. The van der Waals surface area contributed by atoms with Crippen LogP contribution in [0.4, 0.5) is 0 Å². The SMILES string of the molecule is Cn1nc(CCOS(C)(=O)=O)c2ccc(Br)cc21. The highest BCUT2D eigenvalue weighted by molar-refractivity contribution is 9.10. The molecule has 0 bridgehead atoms. The topological polar surface area (TPSA) is 61.2 Å². The quantitative estimate of drug-likeness (QED) is 0.802. The van der Waals surface area contributed by atoms with Gasteiger partial charge >= 0.3 is 0 Å². The highest BCUT2D eigenvalue weighted by Crippen LogP contribution is 2.22. The summed E-state index contributed by atoms with van der Waals surface area (Å²) in [4.78, 5) is 0. The van der Waals surface area contributed by atoms with Crippen LogP contribution in [0.5, 0.6) is 0 Å². The summed E-state index contributed by atoms with van der Waals surface area (Å²) in [6.07, 6.45) is 1.51. The molecule has 0 fully saturated rings. The van der Waals surface area contributed by atoms with Crippen molar-refractivity contribution in [2.24, 2.45) is 7.05 Å². The second-order valence-electron chi connectivity index (χ2n) is 4.01. The predicted octanol–water partition coefficient (Wildman–Crippen LogP) is 1.85. The van der Waals surface area contributed by atoms with Crippen LogP contribution in [0.2, 0.25) is 0 Å². The maximum Gasteiger partial charge on any atom is 0.264 e. The van der Waals surface area contributed by atoms with E-state index in [1.54, 1.807) is 4.68 Å². The molecular formula is C11H13BrN2O3S. The zero-order valence-electron chi connectivity index (χ0n) is 10.1. The molecule has 0 unspecified atom stereocenters. The van der Waals surface area contributed by atoms with E-state index in [1.807, 2.05) is 25.2 Å². The van der Waals surface area contributed by atoms with Crippen LogP contribution in [0.1, 0.15) is 5.69 Å². The van der Waals surface area contributed by atoms with Crippen molar-refractivity contribution in [2.75, 3.05) is 12.9 Å². The molecule has 2 rings (SSSR count). The molecule has 0 saturated carbocycles. The highest BCUT2D eigenvalue weighted by Gasteiger charge is 2.10. The van der Waals surface area contributed by atoms with E-state index in [4.69, 9.17) is 4.18 Å².